The number of carboxylic acid groups (broad SMARTS) is 1. The molecule has 2 N–H and O–H groups in total. The van der Waals surface area contributed by atoms with Gasteiger partial charge in [-0.3, -0.25) is 0 Å². The number of hydrogen-bond donors (Lipinski definition) is 2. The number of nitrogens with one attached hydrogen (secondary N) is 1. The Kier molecular flexibility index (Phi) is 4.99. The zero-order valence-corrected chi connectivity index (χ0v) is 11.6. The molecule has 0 spiro atoms. The molecule has 2 aromatic rings. The van der Waals surface area contributed by atoms with Crippen molar-refractivity contribution in [3.05, 3.63) is 72.3 Å². The van der Waals surface area contributed by atoms with Crippen molar-refractivity contribution < 1.29 is 14.6 Å². The molecule has 0 saturated heterocycles. The number of carbonyl (C=O) groups is 1. The molecule has 0 bridgehead atoms. The first-order valence-electron chi connectivity index (χ1n) is 6.59. The van der Waals surface area contributed by atoms with Crippen LogP contribution in [0.4, 0.5) is 5.69 Å². The van der Waals surface area contributed by atoms with Gasteiger partial charge in [0.1, 0.15) is 12.4 Å². The van der Waals surface area contributed by atoms with Crippen molar-refractivity contribution in [1.29, 1.82) is 0 Å². The van der Waals surface area contributed by atoms with Gasteiger partial charge in [0, 0.05) is 17.8 Å². The van der Waals surface area contributed by atoms with E-state index in [4.69, 9.17) is 9.84 Å². The van der Waals surface area contributed by atoms with Crippen LogP contribution in [0.1, 0.15) is 15.9 Å². The molecule has 4 heteroatoms. The van der Waals surface area contributed by atoms with Gasteiger partial charge < -0.3 is 15.2 Å². The van der Waals surface area contributed by atoms with Crippen LogP contribution in [-0.2, 0) is 6.54 Å². The molecular formula is C17H17NO3. The molecule has 0 radical (unpaired) electrons. The summed E-state index contributed by atoms with van der Waals surface area (Å²) in [6.45, 7) is 4.69. The highest BCUT2D eigenvalue weighted by atomic mass is 16.5. The van der Waals surface area contributed by atoms with E-state index in [9.17, 15) is 4.79 Å². The molecular weight excluding hydrogens is 266 g/mol. The first kappa shape index (κ1) is 14.7. The fourth-order valence-electron chi connectivity index (χ4n) is 1.87. The van der Waals surface area contributed by atoms with E-state index in [1.54, 1.807) is 30.3 Å². The Bertz CT molecular complexity index is 620. The van der Waals surface area contributed by atoms with Crippen LogP contribution in [0.5, 0.6) is 5.75 Å². The van der Waals surface area contributed by atoms with Crippen molar-refractivity contribution in [2.75, 3.05) is 11.9 Å². The minimum atomic E-state index is -0.926. The molecule has 21 heavy (non-hydrogen) atoms. The average molecular weight is 283 g/mol. The summed E-state index contributed by atoms with van der Waals surface area (Å²) in [6, 6.07) is 14.4. The van der Waals surface area contributed by atoms with Crippen molar-refractivity contribution in [3.63, 3.8) is 0 Å². The van der Waals surface area contributed by atoms with E-state index in [-0.39, 0.29) is 5.56 Å². The quantitative estimate of drug-likeness (QED) is 0.763. The second-order valence-corrected chi connectivity index (χ2v) is 4.44. The molecule has 0 aliphatic heterocycles. The van der Waals surface area contributed by atoms with Gasteiger partial charge in [0.25, 0.3) is 0 Å². The fourth-order valence-corrected chi connectivity index (χ4v) is 1.87. The monoisotopic (exact) mass is 283 g/mol. The lowest BCUT2D eigenvalue weighted by molar-refractivity contribution is 0.0697. The second-order valence-electron chi connectivity index (χ2n) is 4.44. The highest BCUT2D eigenvalue weighted by Crippen LogP contribution is 2.20. The largest absolute Gasteiger partial charge is 0.489 e. The SMILES string of the molecule is C=CCOc1ccccc1CNc1ccc(C(=O)O)cc1. The van der Waals surface area contributed by atoms with E-state index in [2.05, 4.69) is 11.9 Å². The van der Waals surface area contributed by atoms with Crippen molar-refractivity contribution in [2.24, 2.45) is 0 Å². The number of ether oxygens (including phenoxy) is 1. The summed E-state index contributed by atoms with van der Waals surface area (Å²) in [5.41, 5.74) is 2.16. The molecule has 0 unspecified atom stereocenters. The third kappa shape index (κ3) is 4.11. The number of rotatable bonds is 7. The van der Waals surface area contributed by atoms with Crippen LogP contribution in [-0.4, -0.2) is 17.7 Å². The van der Waals surface area contributed by atoms with Crippen LogP contribution in [0, 0.1) is 0 Å². The van der Waals surface area contributed by atoms with Gasteiger partial charge in [-0.1, -0.05) is 30.9 Å². The van der Waals surface area contributed by atoms with Gasteiger partial charge in [-0.25, -0.2) is 4.79 Å². The Morgan fingerprint density at radius 2 is 1.90 bits per heavy atom. The lowest BCUT2D eigenvalue weighted by atomic mass is 10.1. The molecule has 0 saturated carbocycles. The van der Waals surface area contributed by atoms with Crippen LogP contribution >= 0.6 is 0 Å². The Hall–Kier alpha value is -2.75. The third-order valence-electron chi connectivity index (χ3n) is 2.94. The maximum atomic E-state index is 10.8. The van der Waals surface area contributed by atoms with Gasteiger partial charge >= 0.3 is 5.97 Å². The maximum Gasteiger partial charge on any atom is 0.335 e. The van der Waals surface area contributed by atoms with Gasteiger partial charge in [-0.05, 0) is 30.3 Å². The Labute approximate surface area is 123 Å². The predicted octanol–water partition coefficient (Wildman–Crippen LogP) is 3.56. The molecule has 0 amide bonds. The highest BCUT2D eigenvalue weighted by molar-refractivity contribution is 5.87. The molecule has 0 aliphatic rings. The molecule has 0 aromatic heterocycles. The van der Waals surface area contributed by atoms with Gasteiger partial charge in [0.05, 0.1) is 5.56 Å². The smallest absolute Gasteiger partial charge is 0.335 e. The lowest BCUT2D eigenvalue weighted by Crippen LogP contribution is -2.04. The molecule has 2 aromatic carbocycles. The number of para-hydroxylation sites is 1. The summed E-state index contributed by atoms with van der Waals surface area (Å²) in [4.78, 5) is 10.8. The molecule has 0 aliphatic carbocycles. The van der Waals surface area contributed by atoms with E-state index in [0.717, 1.165) is 17.0 Å². The van der Waals surface area contributed by atoms with Gasteiger partial charge in [-0.2, -0.15) is 0 Å². The van der Waals surface area contributed by atoms with Crippen molar-refractivity contribution in [3.8, 4) is 5.75 Å². The van der Waals surface area contributed by atoms with Crippen LogP contribution in [0.3, 0.4) is 0 Å². The van der Waals surface area contributed by atoms with E-state index < -0.39 is 5.97 Å². The number of anilines is 1. The maximum absolute atomic E-state index is 10.8. The van der Waals surface area contributed by atoms with E-state index in [1.807, 2.05) is 24.3 Å². The zero-order chi connectivity index (χ0) is 15.1. The molecule has 108 valence electrons. The molecule has 0 fully saturated rings. The number of hydrogen-bond acceptors (Lipinski definition) is 3. The number of aromatic carboxylic acids is 1. The Balaban J connectivity index is 2.02. The summed E-state index contributed by atoms with van der Waals surface area (Å²) in [5.74, 6) is -0.114. The highest BCUT2D eigenvalue weighted by Gasteiger charge is 2.04. The normalized spacial score (nSPS) is 9.90. The summed E-state index contributed by atoms with van der Waals surface area (Å²) < 4.78 is 5.59. The molecule has 0 atom stereocenters. The van der Waals surface area contributed by atoms with Crippen molar-refractivity contribution in [2.45, 2.75) is 6.54 Å². The Morgan fingerprint density at radius 3 is 2.57 bits per heavy atom. The van der Waals surface area contributed by atoms with Gasteiger partial charge in [-0.15, -0.1) is 0 Å². The minimum Gasteiger partial charge on any atom is -0.489 e. The molecule has 0 heterocycles. The third-order valence-corrected chi connectivity index (χ3v) is 2.94. The second kappa shape index (κ2) is 7.14. The van der Waals surface area contributed by atoms with Crippen molar-refractivity contribution >= 4 is 11.7 Å². The average Bonchev–Trinajstić information content (AvgIpc) is 2.52. The van der Waals surface area contributed by atoms with Crippen LogP contribution in [0.2, 0.25) is 0 Å². The van der Waals surface area contributed by atoms with Gasteiger partial charge in [0.2, 0.25) is 0 Å². The predicted molar refractivity (Wildman–Crippen MR) is 82.9 cm³/mol. The standard InChI is InChI=1S/C17H17NO3/c1-2-11-21-16-6-4-3-5-14(16)12-18-15-9-7-13(8-10-15)17(19)20/h2-10,18H,1,11-12H2,(H,19,20). The van der Waals surface area contributed by atoms with Gasteiger partial charge in [0.15, 0.2) is 0 Å². The van der Waals surface area contributed by atoms with Crippen molar-refractivity contribution in [1.82, 2.24) is 0 Å². The van der Waals surface area contributed by atoms with E-state index in [1.165, 1.54) is 0 Å². The summed E-state index contributed by atoms with van der Waals surface area (Å²) in [7, 11) is 0. The van der Waals surface area contributed by atoms with Crippen LogP contribution in [0.25, 0.3) is 0 Å². The first-order chi connectivity index (χ1) is 10.2. The first-order valence-corrected chi connectivity index (χ1v) is 6.59. The summed E-state index contributed by atoms with van der Waals surface area (Å²) >= 11 is 0. The van der Waals surface area contributed by atoms with Crippen LogP contribution in [0.15, 0.2) is 61.2 Å². The van der Waals surface area contributed by atoms with Crippen LogP contribution < -0.4 is 10.1 Å². The Morgan fingerprint density at radius 1 is 1.19 bits per heavy atom. The zero-order valence-electron chi connectivity index (χ0n) is 11.6. The van der Waals surface area contributed by atoms with E-state index in [0.29, 0.717) is 13.2 Å². The molecule has 2 rings (SSSR count). The fraction of sp³-hybridized carbons (Fsp3) is 0.118. The summed E-state index contributed by atoms with van der Waals surface area (Å²) in [6.07, 6.45) is 1.70. The lowest BCUT2D eigenvalue weighted by Gasteiger charge is -2.12. The van der Waals surface area contributed by atoms with E-state index >= 15 is 0 Å². The molecule has 4 nitrogen and oxygen atoms in total. The summed E-state index contributed by atoms with van der Waals surface area (Å²) in [5, 5.41) is 12.1. The number of carboxylic acids is 1. The topological polar surface area (TPSA) is 58.6 Å². The minimum absolute atomic E-state index is 0.273. The number of benzene rings is 2.